The molecule has 0 aliphatic carbocycles. The van der Waals surface area contributed by atoms with Crippen LogP contribution in [0.25, 0.3) is 0 Å². The van der Waals surface area contributed by atoms with E-state index in [-0.39, 0.29) is 12.1 Å². The lowest BCUT2D eigenvalue weighted by atomic mass is 10.2. The Labute approximate surface area is 142 Å². The van der Waals surface area contributed by atoms with E-state index in [1.165, 1.54) is 6.92 Å². The molecule has 24 heavy (non-hydrogen) atoms. The molecule has 0 aromatic heterocycles. The van der Waals surface area contributed by atoms with E-state index < -0.39 is 29.6 Å². The van der Waals surface area contributed by atoms with E-state index in [2.05, 4.69) is 5.32 Å². The average Bonchev–Trinajstić information content (AvgIpc) is 2.52. The van der Waals surface area contributed by atoms with Crippen LogP contribution in [0, 0.1) is 11.6 Å². The number of hydrogen-bond donors (Lipinski definition) is 1. The third-order valence-corrected chi connectivity index (χ3v) is 3.53. The molecule has 2 aromatic carbocycles. The highest BCUT2D eigenvalue weighted by atomic mass is 35.5. The highest BCUT2D eigenvalue weighted by Gasteiger charge is 2.20. The summed E-state index contributed by atoms with van der Waals surface area (Å²) < 4.78 is 31.1. The van der Waals surface area contributed by atoms with Gasteiger partial charge in [0.1, 0.15) is 11.6 Å². The summed E-state index contributed by atoms with van der Waals surface area (Å²) in [5.74, 6) is -3.36. The average molecular weight is 354 g/mol. The molecular formula is C17H14ClF2NO3. The molecule has 126 valence electrons. The Morgan fingerprint density at radius 1 is 1.17 bits per heavy atom. The van der Waals surface area contributed by atoms with Gasteiger partial charge in [0.2, 0.25) is 0 Å². The van der Waals surface area contributed by atoms with Crippen LogP contribution in [0.3, 0.4) is 0 Å². The van der Waals surface area contributed by atoms with Crippen molar-refractivity contribution in [1.29, 1.82) is 0 Å². The van der Waals surface area contributed by atoms with Gasteiger partial charge >= 0.3 is 5.97 Å². The van der Waals surface area contributed by atoms with E-state index in [0.29, 0.717) is 16.7 Å². The minimum absolute atomic E-state index is 0.162. The quantitative estimate of drug-likeness (QED) is 0.837. The maximum absolute atomic E-state index is 13.1. The van der Waals surface area contributed by atoms with Crippen LogP contribution >= 0.6 is 11.6 Å². The molecule has 1 amide bonds. The van der Waals surface area contributed by atoms with Crippen molar-refractivity contribution in [3.05, 3.63) is 70.2 Å². The van der Waals surface area contributed by atoms with Crippen molar-refractivity contribution in [3.63, 3.8) is 0 Å². The van der Waals surface area contributed by atoms with Gasteiger partial charge in [-0.25, -0.2) is 13.6 Å². The molecule has 0 fully saturated rings. The smallest absolute Gasteiger partial charge is 0.339 e. The summed E-state index contributed by atoms with van der Waals surface area (Å²) in [6, 6.07) is 9.27. The maximum atomic E-state index is 13.1. The summed E-state index contributed by atoms with van der Waals surface area (Å²) in [6.07, 6.45) is -1.13. The summed E-state index contributed by atoms with van der Waals surface area (Å²) in [7, 11) is 0. The number of esters is 1. The molecule has 0 unspecified atom stereocenters. The van der Waals surface area contributed by atoms with Crippen LogP contribution in [0.1, 0.15) is 22.8 Å². The molecular weight excluding hydrogens is 340 g/mol. The molecule has 4 nitrogen and oxygen atoms in total. The van der Waals surface area contributed by atoms with Gasteiger partial charge in [-0.15, -0.1) is 0 Å². The van der Waals surface area contributed by atoms with Crippen LogP contribution in [0.4, 0.5) is 8.78 Å². The van der Waals surface area contributed by atoms with E-state index in [4.69, 9.17) is 16.3 Å². The molecule has 1 N–H and O–H groups in total. The van der Waals surface area contributed by atoms with Crippen molar-refractivity contribution in [3.8, 4) is 0 Å². The fourth-order valence-corrected chi connectivity index (χ4v) is 2.12. The molecule has 0 heterocycles. The second-order valence-electron chi connectivity index (χ2n) is 5.01. The Bertz CT molecular complexity index is 747. The number of halogens is 3. The zero-order chi connectivity index (χ0) is 17.7. The largest absolute Gasteiger partial charge is 0.449 e. The molecule has 1 atom stereocenters. The molecule has 0 aliphatic heterocycles. The lowest BCUT2D eigenvalue weighted by molar-refractivity contribution is -0.129. The van der Waals surface area contributed by atoms with E-state index in [0.717, 1.165) is 12.1 Å². The second kappa shape index (κ2) is 7.88. The van der Waals surface area contributed by atoms with Crippen LogP contribution < -0.4 is 5.32 Å². The van der Waals surface area contributed by atoms with E-state index in [1.807, 2.05) is 0 Å². The molecule has 0 spiro atoms. The molecule has 0 aliphatic rings. The van der Waals surface area contributed by atoms with Gasteiger partial charge < -0.3 is 10.1 Å². The minimum Gasteiger partial charge on any atom is -0.449 e. The Balaban J connectivity index is 1.93. The van der Waals surface area contributed by atoms with Gasteiger partial charge in [0.25, 0.3) is 5.91 Å². The van der Waals surface area contributed by atoms with Crippen LogP contribution in [0.2, 0.25) is 5.02 Å². The Hall–Kier alpha value is -2.47. The zero-order valence-electron chi connectivity index (χ0n) is 12.7. The monoisotopic (exact) mass is 353 g/mol. The number of amides is 1. The van der Waals surface area contributed by atoms with E-state index in [9.17, 15) is 18.4 Å². The summed E-state index contributed by atoms with van der Waals surface area (Å²) in [6.45, 7) is 1.52. The van der Waals surface area contributed by atoms with E-state index in [1.54, 1.807) is 24.3 Å². The Morgan fingerprint density at radius 3 is 2.42 bits per heavy atom. The first kappa shape index (κ1) is 17.9. The van der Waals surface area contributed by atoms with Gasteiger partial charge in [-0.1, -0.05) is 29.8 Å². The molecule has 0 saturated carbocycles. The van der Waals surface area contributed by atoms with Gasteiger partial charge in [0.05, 0.1) is 5.56 Å². The summed E-state index contributed by atoms with van der Waals surface area (Å²) in [4.78, 5) is 23.8. The zero-order valence-corrected chi connectivity index (χ0v) is 13.4. The maximum Gasteiger partial charge on any atom is 0.339 e. The molecule has 7 heteroatoms. The Kier molecular flexibility index (Phi) is 5.87. The fraction of sp³-hybridized carbons (Fsp3) is 0.176. The third-order valence-electron chi connectivity index (χ3n) is 3.16. The first-order chi connectivity index (χ1) is 11.4. The van der Waals surface area contributed by atoms with Crippen LogP contribution in [0.15, 0.2) is 42.5 Å². The molecule has 2 aromatic rings. The topological polar surface area (TPSA) is 55.4 Å². The highest BCUT2D eigenvalue weighted by Crippen LogP contribution is 2.14. The number of ether oxygens (including phenoxy) is 1. The Morgan fingerprint density at radius 2 is 1.79 bits per heavy atom. The number of hydrogen-bond acceptors (Lipinski definition) is 3. The van der Waals surface area contributed by atoms with Crippen LogP contribution in [0.5, 0.6) is 0 Å². The predicted molar refractivity (Wildman–Crippen MR) is 84.5 cm³/mol. The number of benzene rings is 2. The SMILES string of the molecule is C[C@@H](OC(=O)c1cc(F)cc(F)c1)C(=O)NCc1ccccc1Cl. The summed E-state index contributed by atoms with van der Waals surface area (Å²) >= 11 is 5.97. The fourth-order valence-electron chi connectivity index (χ4n) is 1.92. The van der Waals surface area contributed by atoms with Gasteiger partial charge in [-0.2, -0.15) is 0 Å². The summed E-state index contributed by atoms with van der Waals surface area (Å²) in [5, 5.41) is 3.07. The van der Waals surface area contributed by atoms with Crippen LogP contribution in [-0.2, 0) is 16.1 Å². The standard InChI is InChI=1S/C17H14ClF2NO3/c1-10(16(22)21-9-11-4-2-3-5-15(11)18)24-17(23)12-6-13(19)8-14(20)7-12/h2-8,10H,9H2,1H3,(H,21,22)/t10-/m1/s1. The molecule has 0 bridgehead atoms. The van der Waals surface area contributed by atoms with Crippen molar-refractivity contribution in [1.82, 2.24) is 5.32 Å². The van der Waals surface area contributed by atoms with Crippen molar-refractivity contribution < 1.29 is 23.1 Å². The highest BCUT2D eigenvalue weighted by molar-refractivity contribution is 6.31. The van der Waals surface area contributed by atoms with Gasteiger partial charge in [0, 0.05) is 17.6 Å². The van der Waals surface area contributed by atoms with Crippen molar-refractivity contribution in [2.75, 3.05) is 0 Å². The number of carbonyl (C=O) groups is 2. The lowest BCUT2D eigenvalue weighted by Crippen LogP contribution is -2.35. The minimum atomic E-state index is -1.13. The third kappa shape index (κ3) is 4.76. The first-order valence-electron chi connectivity index (χ1n) is 7.05. The number of rotatable bonds is 5. The number of carbonyl (C=O) groups excluding carboxylic acids is 2. The van der Waals surface area contributed by atoms with Crippen molar-refractivity contribution in [2.24, 2.45) is 0 Å². The van der Waals surface area contributed by atoms with Crippen molar-refractivity contribution in [2.45, 2.75) is 19.6 Å². The summed E-state index contributed by atoms with van der Waals surface area (Å²) in [5.41, 5.74) is 0.400. The predicted octanol–water partition coefficient (Wildman–Crippen LogP) is 3.48. The molecule has 0 radical (unpaired) electrons. The lowest BCUT2D eigenvalue weighted by Gasteiger charge is -2.14. The molecule has 2 rings (SSSR count). The van der Waals surface area contributed by atoms with Crippen LogP contribution in [-0.4, -0.2) is 18.0 Å². The number of nitrogens with one attached hydrogen (secondary N) is 1. The second-order valence-corrected chi connectivity index (χ2v) is 5.42. The van der Waals surface area contributed by atoms with Crippen molar-refractivity contribution >= 4 is 23.5 Å². The van der Waals surface area contributed by atoms with E-state index >= 15 is 0 Å². The first-order valence-corrected chi connectivity index (χ1v) is 7.43. The normalized spacial score (nSPS) is 11.7. The van der Waals surface area contributed by atoms with Gasteiger partial charge in [-0.05, 0) is 30.7 Å². The van der Waals surface area contributed by atoms with Gasteiger partial charge in [0.15, 0.2) is 6.10 Å². The molecule has 0 saturated heterocycles. The van der Waals surface area contributed by atoms with Gasteiger partial charge in [-0.3, -0.25) is 4.79 Å².